The van der Waals surface area contributed by atoms with Crippen LogP contribution in [0.15, 0.2) is 30.5 Å². The summed E-state index contributed by atoms with van der Waals surface area (Å²) >= 11 is 0. The van der Waals surface area contributed by atoms with Crippen LogP contribution in [0, 0.1) is 6.92 Å². The van der Waals surface area contributed by atoms with E-state index in [1.807, 2.05) is 50.1 Å². The molecule has 7 heteroatoms. The van der Waals surface area contributed by atoms with Crippen molar-refractivity contribution in [2.45, 2.75) is 20.0 Å². The number of hydrogen-bond donors (Lipinski definition) is 1. The summed E-state index contributed by atoms with van der Waals surface area (Å²) in [7, 11) is 1.93. The molecule has 1 aromatic heterocycles. The molecule has 1 N–H and O–H groups in total. The SMILES string of the molecule is [CH2]C(C)Oc1cccc(N2CCN(C)c3nc(NCC)ncc3C2=O)c1. The average Bonchev–Trinajstić information content (AvgIpc) is 2.72. The van der Waals surface area contributed by atoms with Crippen LogP contribution in [0.2, 0.25) is 0 Å². The highest BCUT2D eigenvalue weighted by molar-refractivity contribution is 6.09. The summed E-state index contributed by atoms with van der Waals surface area (Å²) in [5.41, 5.74) is 1.27. The van der Waals surface area contributed by atoms with E-state index in [9.17, 15) is 4.79 Å². The minimum atomic E-state index is -0.171. The quantitative estimate of drug-likeness (QED) is 0.890. The Labute approximate surface area is 154 Å². The lowest BCUT2D eigenvalue weighted by Crippen LogP contribution is -2.33. The highest BCUT2D eigenvalue weighted by Crippen LogP contribution is 2.28. The molecule has 0 fully saturated rings. The first kappa shape index (κ1) is 18.0. The van der Waals surface area contributed by atoms with Gasteiger partial charge >= 0.3 is 0 Å². The Morgan fingerprint density at radius 3 is 2.92 bits per heavy atom. The van der Waals surface area contributed by atoms with Crippen molar-refractivity contribution in [3.05, 3.63) is 42.9 Å². The molecule has 26 heavy (non-hydrogen) atoms. The van der Waals surface area contributed by atoms with Crippen molar-refractivity contribution in [3.63, 3.8) is 0 Å². The summed E-state index contributed by atoms with van der Waals surface area (Å²) in [6.07, 6.45) is 1.42. The Hall–Kier alpha value is -2.83. The second-order valence-electron chi connectivity index (χ2n) is 6.27. The number of aromatic nitrogens is 2. The van der Waals surface area contributed by atoms with Crippen molar-refractivity contribution in [2.75, 3.05) is 41.8 Å². The van der Waals surface area contributed by atoms with Crippen LogP contribution in [0.3, 0.4) is 0 Å². The lowest BCUT2D eigenvalue weighted by molar-refractivity contribution is 0.0989. The Balaban J connectivity index is 1.95. The zero-order valence-electron chi connectivity index (χ0n) is 15.4. The van der Waals surface area contributed by atoms with E-state index in [1.165, 1.54) is 0 Å². The average molecular weight is 354 g/mol. The maximum atomic E-state index is 13.1. The lowest BCUT2D eigenvalue weighted by Gasteiger charge is -2.22. The number of amides is 1. The van der Waals surface area contributed by atoms with Crippen LogP contribution >= 0.6 is 0 Å². The number of carbonyl (C=O) groups is 1. The second kappa shape index (κ2) is 7.59. The van der Waals surface area contributed by atoms with Gasteiger partial charge in [0, 0.05) is 44.6 Å². The van der Waals surface area contributed by atoms with Crippen molar-refractivity contribution in [1.82, 2.24) is 9.97 Å². The lowest BCUT2D eigenvalue weighted by atomic mass is 10.2. The molecule has 1 aromatic carbocycles. The Kier molecular flexibility index (Phi) is 5.25. The zero-order chi connectivity index (χ0) is 18.7. The normalized spacial score (nSPS) is 14.3. The fourth-order valence-corrected chi connectivity index (χ4v) is 2.86. The van der Waals surface area contributed by atoms with Crippen LogP contribution in [0.5, 0.6) is 5.75 Å². The number of fused-ring (bicyclic) bond motifs is 1. The fourth-order valence-electron chi connectivity index (χ4n) is 2.86. The Morgan fingerprint density at radius 1 is 1.38 bits per heavy atom. The number of benzene rings is 1. The Morgan fingerprint density at radius 2 is 2.19 bits per heavy atom. The topological polar surface area (TPSA) is 70.6 Å². The predicted octanol–water partition coefficient (Wildman–Crippen LogP) is 2.61. The Bertz CT molecular complexity index is 793. The van der Waals surface area contributed by atoms with Crippen molar-refractivity contribution in [2.24, 2.45) is 0 Å². The predicted molar refractivity (Wildman–Crippen MR) is 103 cm³/mol. The number of likely N-dealkylation sites (N-methyl/N-ethyl adjacent to an activating group) is 1. The van der Waals surface area contributed by atoms with Crippen LogP contribution in [-0.2, 0) is 0 Å². The number of ether oxygens (including phenoxy) is 1. The van der Waals surface area contributed by atoms with Crippen molar-refractivity contribution >= 4 is 23.4 Å². The number of nitrogens with zero attached hydrogens (tertiary/aromatic N) is 4. The number of carbonyl (C=O) groups excluding carboxylic acids is 1. The van der Waals surface area contributed by atoms with Crippen LogP contribution in [-0.4, -0.2) is 48.7 Å². The van der Waals surface area contributed by atoms with Gasteiger partial charge in [-0.15, -0.1) is 0 Å². The van der Waals surface area contributed by atoms with E-state index >= 15 is 0 Å². The number of nitrogens with one attached hydrogen (secondary N) is 1. The van der Waals surface area contributed by atoms with E-state index in [4.69, 9.17) is 4.74 Å². The minimum Gasteiger partial charge on any atom is -0.491 e. The van der Waals surface area contributed by atoms with E-state index in [2.05, 4.69) is 22.2 Å². The van der Waals surface area contributed by atoms with Gasteiger partial charge < -0.3 is 19.9 Å². The zero-order valence-corrected chi connectivity index (χ0v) is 15.4. The van der Waals surface area contributed by atoms with Gasteiger partial charge in [0.15, 0.2) is 0 Å². The monoisotopic (exact) mass is 354 g/mol. The molecule has 0 saturated carbocycles. The van der Waals surface area contributed by atoms with Gasteiger partial charge in [-0.25, -0.2) is 4.98 Å². The second-order valence-corrected chi connectivity index (χ2v) is 6.27. The van der Waals surface area contributed by atoms with E-state index < -0.39 is 0 Å². The van der Waals surface area contributed by atoms with Gasteiger partial charge in [-0.3, -0.25) is 4.79 Å². The molecular formula is C19H24N5O2. The largest absolute Gasteiger partial charge is 0.491 e. The van der Waals surface area contributed by atoms with Crippen molar-refractivity contribution in [3.8, 4) is 5.75 Å². The van der Waals surface area contributed by atoms with Crippen molar-refractivity contribution in [1.29, 1.82) is 0 Å². The van der Waals surface area contributed by atoms with Crippen molar-refractivity contribution < 1.29 is 9.53 Å². The first-order chi connectivity index (χ1) is 12.5. The molecule has 137 valence electrons. The molecule has 1 amide bonds. The first-order valence-corrected chi connectivity index (χ1v) is 8.73. The van der Waals surface area contributed by atoms with Gasteiger partial charge in [-0.1, -0.05) is 6.07 Å². The number of hydrogen-bond acceptors (Lipinski definition) is 6. The third-order valence-corrected chi connectivity index (χ3v) is 4.07. The molecule has 1 radical (unpaired) electrons. The van der Waals surface area contributed by atoms with Gasteiger partial charge in [0.05, 0.1) is 6.10 Å². The van der Waals surface area contributed by atoms with Crippen LogP contribution in [0.25, 0.3) is 0 Å². The van der Waals surface area contributed by atoms with E-state index in [0.29, 0.717) is 36.2 Å². The molecule has 0 saturated heterocycles. The third kappa shape index (κ3) is 3.71. The van der Waals surface area contributed by atoms with Crippen LogP contribution < -0.4 is 19.9 Å². The van der Waals surface area contributed by atoms with Gasteiger partial charge in [0.2, 0.25) is 5.95 Å². The number of anilines is 3. The van der Waals surface area contributed by atoms with E-state index in [1.54, 1.807) is 11.1 Å². The third-order valence-electron chi connectivity index (χ3n) is 4.07. The van der Waals surface area contributed by atoms with Crippen LogP contribution in [0.1, 0.15) is 24.2 Å². The molecular weight excluding hydrogens is 330 g/mol. The molecule has 1 atom stereocenters. The maximum Gasteiger partial charge on any atom is 0.263 e. The number of rotatable bonds is 5. The fraction of sp³-hybridized carbons (Fsp3) is 0.368. The van der Waals surface area contributed by atoms with Gasteiger partial charge in [0.25, 0.3) is 5.91 Å². The highest BCUT2D eigenvalue weighted by Gasteiger charge is 2.28. The summed E-state index contributed by atoms with van der Waals surface area (Å²) in [5, 5.41) is 3.09. The summed E-state index contributed by atoms with van der Waals surface area (Å²) in [6, 6.07) is 7.50. The standard InChI is InChI=1S/C19H24N5O2/c1-5-20-19-21-12-16-17(22-19)23(4)9-10-24(18(16)25)14-7-6-8-15(11-14)26-13(2)3/h6-8,11-13H,2,5,9-10H2,1,3-4H3,(H,20,21,22). The molecule has 2 aromatic rings. The van der Waals surface area contributed by atoms with E-state index in [-0.39, 0.29) is 12.0 Å². The highest BCUT2D eigenvalue weighted by atomic mass is 16.5. The smallest absolute Gasteiger partial charge is 0.263 e. The van der Waals surface area contributed by atoms with Crippen LogP contribution in [0.4, 0.5) is 17.5 Å². The molecule has 2 heterocycles. The molecule has 0 aliphatic carbocycles. The summed E-state index contributed by atoms with van der Waals surface area (Å²) in [6.45, 7) is 9.62. The minimum absolute atomic E-state index is 0.118. The molecule has 1 unspecified atom stereocenters. The maximum absolute atomic E-state index is 13.1. The molecule has 0 bridgehead atoms. The van der Waals surface area contributed by atoms with Gasteiger partial charge in [-0.2, -0.15) is 4.98 Å². The molecule has 3 rings (SSSR count). The summed E-state index contributed by atoms with van der Waals surface area (Å²) < 4.78 is 5.65. The molecule has 7 nitrogen and oxygen atoms in total. The van der Waals surface area contributed by atoms with Gasteiger partial charge in [-0.05, 0) is 32.9 Å². The molecule has 1 aliphatic rings. The van der Waals surface area contributed by atoms with E-state index in [0.717, 1.165) is 12.2 Å². The first-order valence-electron chi connectivity index (χ1n) is 8.73. The molecule has 1 aliphatic heterocycles. The molecule has 0 spiro atoms. The van der Waals surface area contributed by atoms with Gasteiger partial charge in [0.1, 0.15) is 17.1 Å². The summed E-state index contributed by atoms with van der Waals surface area (Å²) in [5.74, 6) is 1.74. The summed E-state index contributed by atoms with van der Waals surface area (Å²) in [4.78, 5) is 25.6.